The lowest BCUT2D eigenvalue weighted by Gasteiger charge is -2.23. The number of halogens is 1. The Balaban J connectivity index is 2.16. The molecule has 2 rings (SSSR count). The van der Waals surface area contributed by atoms with E-state index in [0.29, 0.717) is 23.4 Å². The van der Waals surface area contributed by atoms with Gasteiger partial charge in [-0.15, -0.1) is 0 Å². The van der Waals surface area contributed by atoms with Crippen LogP contribution < -0.4 is 5.32 Å². The first-order valence-corrected chi connectivity index (χ1v) is 7.67. The lowest BCUT2D eigenvalue weighted by Crippen LogP contribution is -2.42. The smallest absolute Gasteiger partial charge is 0.308 e. The summed E-state index contributed by atoms with van der Waals surface area (Å²) in [6.45, 7) is 1.84. The Kier molecular flexibility index (Phi) is 5.23. The number of hydrogen-bond acceptors (Lipinski definition) is 2. The second kappa shape index (κ2) is 6.94. The van der Waals surface area contributed by atoms with Gasteiger partial charge in [0.2, 0.25) is 0 Å². The van der Waals surface area contributed by atoms with Crippen molar-refractivity contribution in [2.45, 2.75) is 45.1 Å². The standard InChI is InChI=1S/C16H20ClNO3/c1-10-6-5-8-12(14(10)17)15(19)18-13-9-4-2-3-7-11(13)16(20)21/h5-6,8,11,13H,2-4,7,9H2,1H3,(H,18,19)(H,20,21)/t11-,13+/m1/s1. The van der Waals surface area contributed by atoms with Crippen LogP contribution in [0.5, 0.6) is 0 Å². The van der Waals surface area contributed by atoms with Gasteiger partial charge in [-0.3, -0.25) is 9.59 Å². The number of rotatable bonds is 3. The highest BCUT2D eigenvalue weighted by Crippen LogP contribution is 2.25. The average Bonchev–Trinajstić information content (AvgIpc) is 2.67. The Morgan fingerprint density at radius 3 is 2.67 bits per heavy atom. The largest absolute Gasteiger partial charge is 0.481 e. The number of nitrogens with one attached hydrogen (secondary N) is 1. The molecule has 0 heterocycles. The predicted octanol–water partition coefficient (Wildman–Crippen LogP) is 3.41. The van der Waals surface area contributed by atoms with Crippen LogP contribution in [0.4, 0.5) is 0 Å². The Morgan fingerprint density at radius 2 is 1.95 bits per heavy atom. The molecule has 114 valence electrons. The lowest BCUT2D eigenvalue weighted by molar-refractivity contribution is -0.142. The molecule has 5 heteroatoms. The fraction of sp³-hybridized carbons (Fsp3) is 0.500. The van der Waals surface area contributed by atoms with Crippen molar-refractivity contribution >= 4 is 23.5 Å². The van der Waals surface area contributed by atoms with E-state index in [1.807, 2.05) is 13.0 Å². The Labute approximate surface area is 129 Å². The van der Waals surface area contributed by atoms with Gasteiger partial charge in [-0.1, -0.05) is 43.0 Å². The third-order valence-corrected chi connectivity index (χ3v) is 4.59. The highest BCUT2D eigenvalue weighted by Gasteiger charge is 2.31. The summed E-state index contributed by atoms with van der Waals surface area (Å²) in [5, 5.41) is 12.6. The third-order valence-electron chi connectivity index (χ3n) is 4.09. The summed E-state index contributed by atoms with van der Waals surface area (Å²) in [6.07, 6.45) is 4.17. The van der Waals surface area contributed by atoms with Gasteiger partial charge < -0.3 is 10.4 Å². The molecule has 1 aromatic carbocycles. The van der Waals surface area contributed by atoms with E-state index in [9.17, 15) is 14.7 Å². The SMILES string of the molecule is Cc1cccc(C(=O)N[C@H]2CCCCC[C@H]2C(=O)O)c1Cl. The number of aryl methyl sites for hydroxylation is 1. The molecule has 0 spiro atoms. The molecule has 0 bridgehead atoms. The van der Waals surface area contributed by atoms with Crippen LogP contribution in [0.2, 0.25) is 5.02 Å². The van der Waals surface area contributed by atoms with Crippen LogP contribution in [0.3, 0.4) is 0 Å². The van der Waals surface area contributed by atoms with Crippen LogP contribution >= 0.6 is 11.6 Å². The zero-order valence-electron chi connectivity index (χ0n) is 12.1. The quantitative estimate of drug-likeness (QED) is 0.841. The number of carboxylic acids is 1. The van der Waals surface area contributed by atoms with Crippen molar-refractivity contribution in [2.24, 2.45) is 5.92 Å². The van der Waals surface area contributed by atoms with Crippen molar-refractivity contribution in [1.29, 1.82) is 0 Å². The minimum atomic E-state index is -0.836. The second-order valence-corrected chi connectivity index (χ2v) is 5.98. The topological polar surface area (TPSA) is 66.4 Å². The zero-order valence-corrected chi connectivity index (χ0v) is 12.8. The van der Waals surface area contributed by atoms with E-state index >= 15 is 0 Å². The minimum Gasteiger partial charge on any atom is -0.481 e. The Hall–Kier alpha value is -1.55. The van der Waals surface area contributed by atoms with Crippen LogP contribution in [-0.4, -0.2) is 23.0 Å². The molecular weight excluding hydrogens is 290 g/mol. The second-order valence-electron chi connectivity index (χ2n) is 5.60. The molecule has 2 N–H and O–H groups in total. The minimum absolute atomic E-state index is 0.290. The maximum Gasteiger partial charge on any atom is 0.308 e. The molecular formula is C16H20ClNO3. The van der Waals surface area contributed by atoms with Crippen LogP contribution in [0.1, 0.15) is 48.0 Å². The van der Waals surface area contributed by atoms with Crippen molar-refractivity contribution in [3.8, 4) is 0 Å². The molecule has 21 heavy (non-hydrogen) atoms. The molecule has 1 amide bonds. The predicted molar refractivity (Wildman–Crippen MR) is 81.7 cm³/mol. The van der Waals surface area contributed by atoms with Crippen molar-refractivity contribution in [2.75, 3.05) is 0 Å². The molecule has 1 aliphatic rings. The number of benzene rings is 1. The number of amides is 1. The molecule has 1 saturated carbocycles. The van der Waals surface area contributed by atoms with Crippen LogP contribution in [-0.2, 0) is 4.79 Å². The molecule has 2 atom stereocenters. The van der Waals surface area contributed by atoms with Crippen molar-refractivity contribution in [3.05, 3.63) is 34.3 Å². The van der Waals surface area contributed by atoms with E-state index in [-0.39, 0.29) is 11.9 Å². The Morgan fingerprint density at radius 1 is 1.24 bits per heavy atom. The summed E-state index contributed by atoms with van der Waals surface area (Å²) in [4.78, 5) is 23.8. The molecule has 0 aromatic heterocycles. The summed E-state index contributed by atoms with van der Waals surface area (Å²) in [6, 6.07) is 4.95. The molecule has 0 saturated heterocycles. The molecule has 0 unspecified atom stereocenters. The van der Waals surface area contributed by atoms with Gasteiger partial charge in [0.15, 0.2) is 0 Å². The van der Waals surface area contributed by atoms with Crippen LogP contribution in [0.15, 0.2) is 18.2 Å². The first kappa shape index (κ1) is 15.8. The highest BCUT2D eigenvalue weighted by atomic mass is 35.5. The Bertz CT molecular complexity index is 544. The van der Waals surface area contributed by atoms with Gasteiger partial charge in [-0.25, -0.2) is 0 Å². The highest BCUT2D eigenvalue weighted by molar-refractivity contribution is 6.34. The van der Waals surface area contributed by atoms with Crippen molar-refractivity contribution in [3.63, 3.8) is 0 Å². The van der Waals surface area contributed by atoms with E-state index in [0.717, 1.165) is 24.8 Å². The molecule has 0 radical (unpaired) electrons. The molecule has 0 aliphatic heterocycles. The summed E-state index contributed by atoms with van der Waals surface area (Å²) < 4.78 is 0. The summed E-state index contributed by atoms with van der Waals surface area (Å²) in [5.74, 6) is -1.64. The first-order valence-electron chi connectivity index (χ1n) is 7.29. The summed E-state index contributed by atoms with van der Waals surface area (Å²) >= 11 is 6.16. The van der Waals surface area contributed by atoms with Gasteiger partial charge in [0.05, 0.1) is 16.5 Å². The van der Waals surface area contributed by atoms with E-state index in [4.69, 9.17) is 11.6 Å². The normalized spacial score (nSPS) is 22.4. The monoisotopic (exact) mass is 309 g/mol. The van der Waals surface area contributed by atoms with Gasteiger partial charge in [-0.2, -0.15) is 0 Å². The summed E-state index contributed by atoms with van der Waals surface area (Å²) in [7, 11) is 0. The molecule has 4 nitrogen and oxygen atoms in total. The maximum absolute atomic E-state index is 12.4. The van der Waals surface area contributed by atoms with Gasteiger partial charge in [0, 0.05) is 6.04 Å². The van der Waals surface area contributed by atoms with Crippen molar-refractivity contribution in [1.82, 2.24) is 5.32 Å². The summed E-state index contributed by atoms with van der Waals surface area (Å²) in [5.41, 5.74) is 1.24. The van der Waals surface area contributed by atoms with E-state index in [2.05, 4.69) is 5.32 Å². The maximum atomic E-state index is 12.4. The molecule has 1 fully saturated rings. The van der Waals surface area contributed by atoms with Gasteiger partial charge in [0.1, 0.15) is 0 Å². The van der Waals surface area contributed by atoms with Crippen LogP contribution in [0, 0.1) is 12.8 Å². The first-order chi connectivity index (χ1) is 10.0. The van der Waals surface area contributed by atoms with Gasteiger partial charge in [-0.05, 0) is 31.4 Å². The fourth-order valence-electron chi connectivity index (χ4n) is 2.84. The van der Waals surface area contributed by atoms with Gasteiger partial charge in [0.25, 0.3) is 5.91 Å². The van der Waals surface area contributed by atoms with Gasteiger partial charge >= 0.3 is 5.97 Å². The zero-order chi connectivity index (χ0) is 15.4. The van der Waals surface area contributed by atoms with Crippen molar-refractivity contribution < 1.29 is 14.7 Å². The number of hydrogen-bond donors (Lipinski definition) is 2. The van der Waals surface area contributed by atoms with E-state index < -0.39 is 11.9 Å². The number of carbonyl (C=O) groups excluding carboxylic acids is 1. The molecule has 1 aromatic rings. The average molecular weight is 310 g/mol. The number of carbonyl (C=O) groups is 2. The lowest BCUT2D eigenvalue weighted by atomic mass is 9.94. The van der Waals surface area contributed by atoms with E-state index in [1.165, 1.54) is 0 Å². The molecule has 1 aliphatic carbocycles. The number of carboxylic acid groups (broad SMARTS) is 1. The number of aliphatic carboxylic acids is 1. The third kappa shape index (κ3) is 3.76. The van der Waals surface area contributed by atoms with Crippen LogP contribution in [0.25, 0.3) is 0 Å². The fourth-order valence-corrected chi connectivity index (χ4v) is 3.06. The van der Waals surface area contributed by atoms with E-state index in [1.54, 1.807) is 12.1 Å².